The van der Waals surface area contributed by atoms with Crippen molar-refractivity contribution in [3.8, 4) is 10.6 Å². The van der Waals surface area contributed by atoms with Crippen LogP contribution in [0, 0.1) is 5.92 Å². The lowest BCUT2D eigenvalue weighted by molar-refractivity contribution is 0.154. The number of aromatic nitrogens is 2. The Labute approximate surface area is 122 Å². The van der Waals surface area contributed by atoms with Gasteiger partial charge in [0.1, 0.15) is 5.01 Å². The zero-order valence-corrected chi connectivity index (χ0v) is 12.4. The molecule has 2 N–H and O–H groups in total. The second kappa shape index (κ2) is 5.60. The summed E-state index contributed by atoms with van der Waals surface area (Å²) in [5, 5.41) is 14.1. The smallest absolute Gasteiger partial charge is 0.125 e. The molecule has 1 fully saturated rings. The van der Waals surface area contributed by atoms with Crippen LogP contribution in [0.4, 0.5) is 0 Å². The number of aliphatic hydroxyl groups excluding tert-OH is 1. The molecule has 0 unspecified atom stereocenters. The van der Waals surface area contributed by atoms with Gasteiger partial charge >= 0.3 is 0 Å². The monoisotopic (exact) mass is 289 g/mol. The molecule has 1 aliphatic rings. The van der Waals surface area contributed by atoms with Crippen LogP contribution in [0.5, 0.6) is 0 Å². The molecule has 1 saturated carbocycles. The summed E-state index contributed by atoms with van der Waals surface area (Å²) in [5.74, 6) is 0.609. The van der Waals surface area contributed by atoms with Gasteiger partial charge in [-0.3, -0.25) is 4.98 Å². The molecular weight excluding hydrogens is 270 g/mol. The maximum Gasteiger partial charge on any atom is 0.125 e. The summed E-state index contributed by atoms with van der Waals surface area (Å²) >= 11 is 1.67. The van der Waals surface area contributed by atoms with E-state index in [0.29, 0.717) is 5.92 Å². The average molecular weight is 289 g/mol. The highest BCUT2D eigenvalue weighted by molar-refractivity contribution is 7.15. The summed E-state index contributed by atoms with van der Waals surface area (Å²) in [7, 11) is 0. The predicted octanol–water partition coefficient (Wildman–Crippen LogP) is 2.46. The summed E-state index contributed by atoms with van der Waals surface area (Å²) in [6, 6.07) is 3.94. The molecule has 0 amide bonds. The molecule has 0 radical (unpaired) electrons. The third kappa shape index (κ3) is 2.90. The van der Waals surface area contributed by atoms with Gasteiger partial charge in [0.2, 0.25) is 0 Å². The molecule has 0 aliphatic heterocycles. The highest BCUT2D eigenvalue weighted by Gasteiger charge is 2.40. The van der Waals surface area contributed by atoms with E-state index in [-0.39, 0.29) is 12.1 Å². The standard InChI is InChI=1S/C15H19N3OS/c1-15(10-19,12-4-5-12)18-9-13-8-17-14(20-13)11-3-2-6-16-7-11/h2-3,6-8,12,18-19H,4-5,9-10H2,1H3/t15-/m1/s1. The molecule has 20 heavy (non-hydrogen) atoms. The fourth-order valence-corrected chi connectivity index (χ4v) is 3.19. The molecule has 2 aromatic heterocycles. The molecule has 3 rings (SSSR count). The minimum Gasteiger partial charge on any atom is -0.394 e. The van der Waals surface area contributed by atoms with Crippen molar-refractivity contribution in [1.82, 2.24) is 15.3 Å². The molecule has 1 atom stereocenters. The van der Waals surface area contributed by atoms with Crippen molar-refractivity contribution < 1.29 is 5.11 Å². The van der Waals surface area contributed by atoms with E-state index in [1.165, 1.54) is 17.7 Å². The largest absolute Gasteiger partial charge is 0.394 e. The Bertz CT molecular complexity index is 568. The number of nitrogens with one attached hydrogen (secondary N) is 1. The van der Waals surface area contributed by atoms with Gasteiger partial charge in [0, 0.05) is 41.1 Å². The number of thiazole rings is 1. The van der Waals surface area contributed by atoms with Gasteiger partial charge in [-0.1, -0.05) is 0 Å². The third-order valence-corrected chi connectivity index (χ3v) is 4.98. The topological polar surface area (TPSA) is 58.0 Å². The summed E-state index contributed by atoms with van der Waals surface area (Å²) in [5.41, 5.74) is 0.897. The molecule has 0 aromatic carbocycles. The molecule has 0 spiro atoms. The molecule has 106 valence electrons. The van der Waals surface area contributed by atoms with Gasteiger partial charge in [-0.2, -0.15) is 0 Å². The van der Waals surface area contributed by atoms with Crippen LogP contribution < -0.4 is 5.32 Å². The molecule has 0 saturated heterocycles. The number of hydrogen-bond acceptors (Lipinski definition) is 5. The highest BCUT2D eigenvalue weighted by Crippen LogP contribution is 2.39. The molecular formula is C15H19N3OS. The van der Waals surface area contributed by atoms with Crippen LogP contribution in [-0.2, 0) is 6.54 Å². The van der Waals surface area contributed by atoms with Gasteiger partial charge in [0.05, 0.1) is 6.61 Å². The minimum atomic E-state index is -0.154. The fraction of sp³-hybridized carbons (Fsp3) is 0.467. The van der Waals surface area contributed by atoms with E-state index in [2.05, 4.69) is 22.2 Å². The zero-order chi connectivity index (χ0) is 14.0. The van der Waals surface area contributed by atoms with E-state index in [4.69, 9.17) is 0 Å². The van der Waals surface area contributed by atoms with Crippen molar-refractivity contribution >= 4 is 11.3 Å². The summed E-state index contributed by atoms with van der Waals surface area (Å²) in [6.45, 7) is 3.05. The van der Waals surface area contributed by atoms with Crippen molar-refractivity contribution in [2.45, 2.75) is 31.8 Å². The van der Waals surface area contributed by atoms with Crippen LogP contribution in [0.25, 0.3) is 10.6 Å². The Balaban J connectivity index is 1.66. The molecule has 4 nitrogen and oxygen atoms in total. The minimum absolute atomic E-state index is 0.154. The maximum absolute atomic E-state index is 9.57. The van der Waals surface area contributed by atoms with Crippen molar-refractivity contribution in [3.05, 3.63) is 35.6 Å². The van der Waals surface area contributed by atoms with Crippen molar-refractivity contribution in [2.75, 3.05) is 6.61 Å². The lowest BCUT2D eigenvalue weighted by Gasteiger charge is -2.28. The summed E-state index contributed by atoms with van der Waals surface area (Å²) in [4.78, 5) is 9.75. The Hall–Kier alpha value is -1.30. The van der Waals surface area contributed by atoms with Gasteiger partial charge in [0.25, 0.3) is 0 Å². The van der Waals surface area contributed by atoms with E-state index < -0.39 is 0 Å². The van der Waals surface area contributed by atoms with E-state index >= 15 is 0 Å². The molecule has 0 bridgehead atoms. The molecule has 2 aromatic rings. The van der Waals surface area contributed by atoms with Crippen LogP contribution in [0.1, 0.15) is 24.6 Å². The molecule has 1 aliphatic carbocycles. The Morgan fingerprint density at radius 1 is 1.45 bits per heavy atom. The van der Waals surface area contributed by atoms with Gasteiger partial charge in [-0.15, -0.1) is 11.3 Å². The van der Waals surface area contributed by atoms with E-state index in [1.807, 2.05) is 24.5 Å². The van der Waals surface area contributed by atoms with Crippen molar-refractivity contribution in [3.63, 3.8) is 0 Å². The number of hydrogen-bond donors (Lipinski definition) is 2. The molecule has 5 heteroatoms. The lowest BCUT2D eigenvalue weighted by atomic mass is 9.97. The van der Waals surface area contributed by atoms with E-state index in [1.54, 1.807) is 17.5 Å². The number of nitrogens with zero attached hydrogens (tertiary/aromatic N) is 2. The predicted molar refractivity (Wildman–Crippen MR) is 80.4 cm³/mol. The lowest BCUT2D eigenvalue weighted by Crippen LogP contribution is -2.47. The van der Waals surface area contributed by atoms with Gasteiger partial charge in [0.15, 0.2) is 0 Å². The Morgan fingerprint density at radius 2 is 2.30 bits per heavy atom. The average Bonchev–Trinajstić information content (AvgIpc) is 3.25. The van der Waals surface area contributed by atoms with Crippen LogP contribution in [0.3, 0.4) is 0 Å². The zero-order valence-electron chi connectivity index (χ0n) is 11.5. The number of aliphatic hydroxyl groups is 1. The first kappa shape index (κ1) is 13.7. The van der Waals surface area contributed by atoms with Crippen LogP contribution in [0.15, 0.2) is 30.7 Å². The van der Waals surface area contributed by atoms with Gasteiger partial charge in [-0.25, -0.2) is 4.98 Å². The Kier molecular flexibility index (Phi) is 3.83. The van der Waals surface area contributed by atoms with E-state index in [9.17, 15) is 5.11 Å². The number of rotatable bonds is 6. The first-order chi connectivity index (χ1) is 9.71. The first-order valence-corrected chi connectivity index (χ1v) is 7.74. The van der Waals surface area contributed by atoms with E-state index in [0.717, 1.165) is 17.1 Å². The molecule has 2 heterocycles. The Morgan fingerprint density at radius 3 is 2.95 bits per heavy atom. The quantitative estimate of drug-likeness (QED) is 0.857. The van der Waals surface area contributed by atoms with Crippen molar-refractivity contribution in [1.29, 1.82) is 0 Å². The fourth-order valence-electron chi connectivity index (χ4n) is 2.35. The summed E-state index contributed by atoms with van der Waals surface area (Å²) in [6.07, 6.45) is 7.94. The van der Waals surface area contributed by atoms with Gasteiger partial charge < -0.3 is 10.4 Å². The van der Waals surface area contributed by atoms with Crippen LogP contribution >= 0.6 is 11.3 Å². The first-order valence-electron chi connectivity index (χ1n) is 6.92. The highest BCUT2D eigenvalue weighted by atomic mass is 32.1. The maximum atomic E-state index is 9.57. The summed E-state index contributed by atoms with van der Waals surface area (Å²) < 4.78 is 0. The second-order valence-electron chi connectivity index (χ2n) is 5.58. The third-order valence-electron chi connectivity index (χ3n) is 3.94. The van der Waals surface area contributed by atoms with Crippen LogP contribution in [-0.4, -0.2) is 27.2 Å². The van der Waals surface area contributed by atoms with Crippen LogP contribution in [0.2, 0.25) is 0 Å². The SMILES string of the molecule is C[C@](CO)(NCc1cnc(-c2cccnc2)s1)C1CC1. The van der Waals surface area contributed by atoms with Crippen molar-refractivity contribution in [2.24, 2.45) is 5.92 Å². The second-order valence-corrected chi connectivity index (χ2v) is 6.69. The normalized spacial score (nSPS) is 17.9. The number of pyridine rings is 1. The van der Waals surface area contributed by atoms with Gasteiger partial charge in [-0.05, 0) is 37.8 Å².